The Morgan fingerprint density at radius 1 is 0.451 bits per heavy atom. The first-order chi connectivity index (χ1) is 47.9. The first kappa shape index (κ1) is 79.5. The number of hydrogen-bond donors (Lipinski definition) is 18. The van der Waals surface area contributed by atoms with Crippen LogP contribution in [0.15, 0.2) is 11.6 Å². The van der Waals surface area contributed by atoms with E-state index in [9.17, 15) is 96.7 Å². The summed E-state index contributed by atoms with van der Waals surface area (Å²) < 4.78 is 86.0. The van der Waals surface area contributed by atoms with Crippen molar-refractivity contribution in [3.63, 3.8) is 0 Å². The van der Waals surface area contributed by atoms with E-state index in [1.807, 2.05) is 0 Å². The lowest BCUT2D eigenvalue weighted by atomic mass is 9.33. The van der Waals surface area contributed by atoms with Crippen molar-refractivity contribution in [3.8, 4) is 0 Å². The van der Waals surface area contributed by atoms with Crippen LogP contribution in [0.5, 0.6) is 0 Å². The van der Waals surface area contributed by atoms with E-state index in [1.54, 1.807) is 6.92 Å². The molecular formula is C69H112O33. The van der Waals surface area contributed by atoms with Gasteiger partial charge in [0.15, 0.2) is 37.7 Å². The fourth-order valence-electron chi connectivity index (χ4n) is 20.0. The Balaban J connectivity index is 0.832. The molecule has 33 nitrogen and oxygen atoms in total. The first-order valence-electron chi connectivity index (χ1n) is 36.3. The summed E-state index contributed by atoms with van der Waals surface area (Å²) in [7, 11) is 0. The number of fused-ring (bicyclic) bond motifs is 7. The molecule has 7 aliphatic heterocycles. The van der Waals surface area contributed by atoms with Crippen molar-refractivity contribution in [1.29, 1.82) is 0 Å². The van der Waals surface area contributed by atoms with Gasteiger partial charge in [-0.1, -0.05) is 60.1 Å². The molecule has 33 heteroatoms. The highest BCUT2D eigenvalue weighted by Crippen LogP contribution is 2.76. The lowest BCUT2D eigenvalue weighted by molar-refractivity contribution is -0.406. The highest BCUT2D eigenvalue weighted by molar-refractivity contribution is 5.79. The molecular weight excluding hydrogens is 1360 g/mol. The lowest BCUT2D eigenvalue weighted by Gasteiger charge is -2.71. The molecule has 4 saturated carbocycles. The topological polar surface area (TPSA) is 510 Å². The fourth-order valence-corrected chi connectivity index (χ4v) is 20.0. The molecule has 0 spiro atoms. The summed E-state index contributed by atoms with van der Waals surface area (Å²) in [5.74, 6) is -0.611. The predicted octanol–water partition coefficient (Wildman–Crippen LogP) is -4.59. The molecule has 12 aliphatic rings. The number of allylic oxidation sites excluding steroid dienone is 2. The molecule has 0 aromatic carbocycles. The quantitative estimate of drug-likeness (QED) is 0.0393. The molecule has 102 heavy (non-hydrogen) atoms. The van der Waals surface area contributed by atoms with E-state index in [0.717, 1.165) is 19.3 Å². The van der Waals surface area contributed by atoms with E-state index < -0.39 is 253 Å². The van der Waals surface area contributed by atoms with E-state index >= 15 is 0 Å². The van der Waals surface area contributed by atoms with Crippen LogP contribution in [0.2, 0.25) is 0 Å². The Labute approximate surface area is 591 Å². The van der Waals surface area contributed by atoms with Gasteiger partial charge in [0.1, 0.15) is 140 Å². The molecule has 0 bridgehead atoms. The van der Waals surface area contributed by atoms with E-state index in [0.29, 0.717) is 44.9 Å². The van der Waals surface area contributed by atoms with Gasteiger partial charge in [0.25, 0.3) is 0 Å². The van der Waals surface area contributed by atoms with Crippen LogP contribution in [-0.2, 0) is 71.1 Å². The van der Waals surface area contributed by atoms with Gasteiger partial charge in [0.2, 0.25) is 6.29 Å². The van der Waals surface area contributed by atoms with Gasteiger partial charge in [0, 0.05) is 0 Å². The van der Waals surface area contributed by atoms with Crippen molar-refractivity contribution >= 4 is 5.97 Å². The van der Waals surface area contributed by atoms with Crippen molar-refractivity contribution < 1.29 is 163 Å². The Morgan fingerprint density at radius 3 is 1.59 bits per heavy atom. The molecule has 7 heterocycles. The van der Waals surface area contributed by atoms with Crippen LogP contribution in [0.4, 0.5) is 0 Å². The standard InChI is InChI=1S/C69H112O33/c1-26-38(74)43(79)48(84)59(92-26)101-54-45(81)42(78)32(21-70)94-62(54)99-53-34(96-56-46(82)40(76)30(72)23-89-56)25-91-58(51(53)87)100-55-50(86)52(98-57-47(83)41(77)31(73)24-90-57)33(22-71)95-61(55)97-37-13-14-66(7)35(65(37,5)6)12-15-68(9)36(66)11-10-28-29-20-64(3,4)16-18-69(29,19-17-67(28,68)8)63(88)102-60-49(85)44(80)39(75)27(2)93-60/h10,26-27,29-62,70-87H,11-25H2,1-9H3/t26-,27-,29-,30-,31+,32+,33+,34+,35-,36+,37-,38-,39-,40-,41-,42+,43+,44+,45-,46+,47+,48+,49+,50-,51+,52+,53-,54+,55+,56-,57-,58-,59-,60-,61-,62-,66-,67+,68+,69-/m0/s1. The third-order valence-electron chi connectivity index (χ3n) is 26.5. The molecule has 586 valence electrons. The second-order valence-electron chi connectivity index (χ2n) is 33.3. The van der Waals surface area contributed by atoms with Crippen molar-refractivity contribution in [3.05, 3.63) is 11.6 Å². The molecule has 11 fully saturated rings. The summed E-state index contributed by atoms with van der Waals surface area (Å²) in [5, 5.41) is 199. The van der Waals surface area contributed by atoms with E-state index in [2.05, 4.69) is 54.5 Å². The lowest BCUT2D eigenvalue weighted by Crippen LogP contribution is -2.68. The summed E-state index contributed by atoms with van der Waals surface area (Å²) >= 11 is 0. The van der Waals surface area contributed by atoms with Gasteiger partial charge in [0.05, 0.1) is 56.8 Å². The summed E-state index contributed by atoms with van der Waals surface area (Å²) in [6.07, 6.45) is -47.2. The van der Waals surface area contributed by atoms with Gasteiger partial charge >= 0.3 is 5.97 Å². The Kier molecular flexibility index (Phi) is 23.4. The van der Waals surface area contributed by atoms with Gasteiger partial charge in [-0.25, -0.2) is 0 Å². The van der Waals surface area contributed by atoms with Gasteiger partial charge in [-0.15, -0.1) is 0 Å². The maximum atomic E-state index is 14.9. The van der Waals surface area contributed by atoms with Crippen LogP contribution < -0.4 is 0 Å². The number of carbonyl (C=O) groups is 1. The third kappa shape index (κ3) is 13.8. The van der Waals surface area contributed by atoms with Crippen molar-refractivity contribution in [2.75, 3.05) is 33.0 Å². The second kappa shape index (κ2) is 30.0. The monoisotopic (exact) mass is 1470 g/mol. The maximum Gasteiger partial charge on any atom is 0.315 e. The zero-order chi connectivity index (χ0) is 74.2. The second-order valence-corrected chi connectivity index (χ2v) is 33.3. The summed E-state index contributed by atoms with van der Waals surface area (Å²) in [6.45, 7) is 15.1. The number of rotatable bonds is 16. The zero-order valence-corrected chi connectivity index (χ0v) is 59.1. The molecule has 0 unspecified atom stereocenters. The fraction of sp³-hybridized carbons (Fsp3) is 0.957. The van der Waals surface area contributed by atoms with Crippen molar-refractivity contribution in [2.45, 2.75) is 329 Å². The minimum Gasteiger partial charge on any atom is -0.432 e. The first-order valence-corrected chi connectivity index (χ1v) is 36.3. The largest absolute Gasteiger partial charge is 0.432 e. The van der Waals surface area contributed by atoms with Crippen LogP contribution >= 0.6 is 0 Å². The molecule has 0 radical (unpaired) electrons. The van der Waals surface area contributed by atoms with Gasteiger partial charge in [-0.05, 0) is 123 Å². The average molecular weight is 1470 g/mol. The van der Waals surface area contributed by atoms with E-state index in [4.69, 9.17) is 66.3 Å². The van der Waals surface area contributed by atoms with Gasteiger partial charge in [-0.3, -0.25) is 4.79 Å². The molecule has 5 aliphatic carbocycles. The van der Waals surface area contributed by atoms with Gasteiger partial charge < -0.3 is 158 Å². The normalized spacial score (nSPS) is 54.8. The van der Waals surface area contributed by atoms with Crippen LogP contribution in [0, 0.1) is 50.2 Å². The Bertz CT molecular complexity index is 2900. The van der Waals surface area contributed by atoms with Crippen LogP contribution in [0.25, 0.3) is 0 Å². The molecule has 0 aromatic rings. The van der Waals surface area contributed by atoms with Crippen LogP contribution in [0.3, 0.4) is 0 Å². The smallest absolute Gasteiger partial charge is 0.315 e. The number of aliphatic hydroxyl groups excluding tert-OH is 18. The van der Waals surface area contributed by atoms with Crippen LogP contribution in [-0.4, -0.2) is 334 Å². The molecule has 12 rings (SSSR count). The molecule has 0 amide bonds. The van der Waals surface area contributed by atoms with Crippen molar-refractivity contribution in [1.82, 2.24) is 0 Å². The minimum absolute atomic E-state index is 0.0311. The minimum atomic E-state index is -2.17. The maximum absolute atomic E-state index is 14.9. The molecule has 18 N–H and O–H groups in total. The Hall–Kier alpha value is -2.03. The number of ether oxygens (including phenoxy) is 14. The van der Waals surface area contributed by atoms with E-state index in [1.165, 1.54) is 12.5 Å². The van der Waals surface area contributed by atoms with Gasteiger partial charge in [-0.2, -0.15) is 0 Å². The Morgan fingerprint density at radius 2 is 0.961 bits per heavy atom. The molecule has 40 atom stereocenters. The summed E-state index contributed by atoms with van der Waals surface area (Å²) in [4.78, 5) is 14.9. The zero-order valence-electron chi connectivity index (χ0n) is 59.1. The number of carbonyl (C=O) groups excluding carboxylic acids is 1. The number of esters is 1. The van der Waals surface area contributed by atoms with E-state index in [-0.39, 0.29) is 39.4 Å². The summed E-state index contributed by atoms with van der Waals surface area (Å²) in [6, 6.07) is 0. The highest BCUT2D eigenvalue weighted by Gasteiger charge is 2.71. The SMILES string of the molecule is C[C@@H]1O[C@@H](OC(=O)[C@]23CCC(C)(C)C[C@H]2C2=CC[C@@H]4[C@@]5(C)CC[C@H](O[C@@H]6O[C@H](CO)[C@@H](O[C@@H]7OC[C@@H](O)[C@H](O)[C@H]7O)[C@H](O)[C@H]6O[C@@H]6OC[C@@H](O[C@@H]7OC[C@H](O)[C@H](O)[C@H]7O)[C@H](O[C@@H]7O[C@H](CO)[C@@H](O)[C@H](O)[C@H]7O[C@@H]7O[C@@H](C)[C@H](O)[C@@H](O)[C@H]7O)[C@H]6O)C(C)(C)[C@@H]5CC[C@@]4(C)[C@]2(C)CC3)[C@H](O)[C@H](O)[C@H]1O. The molecule has 0 aromatic heterocycles. The van der Waals surface area contributed by atoms with Crippen LogP contribution in [0.1, 0.15) is 127 Å². The highest BCUT2D eigenvalue weighted by atomic mass is 16.8. The average Bonchev–Trinajstić information content (AvgIpc) is 0.677. The number of hydrogen-bond acceptors (Lipinski definition) is 33. The predicted molar refractivity (Wildman–Crippen MR) is 340 cm³/mol. The molecule has 7 saturated heterocycles. The van der Waals surface area contributed by atoms with Crippen molar-refractivity contribution in [2.24, 2.45) is 50.2 Å². The third-order valence-corrected chi connectivity index (χ3v) is 26.5. The number of aliphatic hydroxyl groups is 18. The summed E-state index contributed by atoms with van der Waals surface area (Å²) in [5.41, 5.74) is -1.55.